The van der Waals surface area contributed by atoms with Crippen molar-refractivity contribution in [2.24, 2.45) is 0 Å². The molecule has 4 heteroatoms. The number of aromatic amines is 1. The van der Waals surface area contributed by atoms with Crippen LogP contribution in [-0.4, -0.2) is 23.1 Å². The average Bonchev–Trinajstić information content (AvgIpc) is 3.19. The molecule has 0 atom stereocenters. The topological polar surface area (TPSA) is 55.0 Å². The van der Waals surface area contributed by atoms with Crippen LogP contribution in [-0.2, 0) is 0 Å². The fraction of sp³-hybridized carbons (Fsp3) is 0.0435. The Hall–Kier alpha value is -3.66. The summed E-state index contributed by atoms with van der Waals surface area (Å²) in [6.45, 7) is 0. The van der Waals surface area contributed by atoms with E-state index in [9.17, 15) is 4.79 Å². The maximum absolute atomic E-state index is 13.2. The van der Waals surface area contributed by atoms with Crippen molar-refractivity contribution in [3.63, 3.8) is 0 Å². The van der Waals surface area contributed by atoms with E-state index >= 15 is 0 Å². The van der Waals surface area contributed by atoms with Crippen molar-refractivity contribution >= 4 is 5.78 Å². The number of carbonyl (C=O) groups excluding carboxylic acids is 1. The Balaban J connectivity index is 1.88. The molecule has 4 nitrogen and oxygen atoms in total. The molecule has 0 aliphatic carbocycles. The van der Waals surface area contributed by atoms with Crippen LogP contribution < -0.4 is 4.74 Å². The van der Waals surface area contributed by atoms with Gasteiger partial charge in [-0.25, -0.2) is 0 Å². The molecule has 0 amide bonds. The summed E-state index contributed by atoms with van der Waals surface area (Å²) in [5, 5.41) is 7.44. The van der Waals surface area contributed by atoms with E-state index in [0.29, 0.717) is 17.0 Å². The van der Waals surface area contributed by atoms with Crippen LogP contribution in [0.2, 0.25) is 0 Å². The predicted molar refractivity (Wildman–Crippen MR) is 106 cm³/mol. The maximum Gasteiger partial charge on any atom is 0.211 e. The van der Waals surface area contributed by atoms with E-state index in [1.54, 1.807) is 19.2 Å². The second kappa shape index (κ2) is 7.30. The van der Waals surface area contributed by atoms with Gasteiger partial charge in [0.25, 0.3) is 0 Å². The van der Waals surface area contributed by atoms with Gasteiger partial charge in [0.1, 0.15) is 17.1 Å². The molecule has 0 bridgehead atoms. The zero-order valence-electron chi connectivity index (χ0n) is 14.8. The van der Waals surface area contributed by atoms with Crippen LogP contribution in [0.1, 0.15) is 16.1 Å². The van der Waals surface area contributed by atoms with Crippen molar-refractivity contribution in [2.45, 2.75) is 0 Å². The van der Waals surface area contributed by atoms with Crippen molar-refractivity contribution in [2.75, 3.05) is 7.11 Å². The van der Waals surface area contributed by atoms with Crippen LogP contribution in [0.4, 0.5) is 0 Å². The number of rotatable bonds is 5. The van der Waals surface area contributed by atoms with Crippen molar-refractivity contribution in [1.82, 2.24) is 10.2 Å². The van der Waals surface area contributed by atoms with E-state index in [1.807, 2.05) is 72.8 Å². The van der Waals surface area contributed by atoms with Crippen molar-refractivity contribution in [3.05, 3.63) is 96.2 Å². The van der Waals surface area contributed by atoms with E-state index in [0.717, 1.165) is 22.4 Å². The number of benzene rings is 3. The standard InChI is InChI=1S/C23H18N2O2/c1-27-19-14-8-13-18(15-19)23(26)22-20(16-9-4-2-5-10-16)21(24-25-22)17-11-6-3-7-12-17/h2-15H,1H3,(H,24,25). The van der Waals surface area contributed by atoms with Crippen LogP contribution >= 0.6 is 0 Å². The highest BCUT2D eigenvalue weighted by atomic mass is 16.5. The minimum atomic E-state index is -0.123. The number of hydrogen-bond donors (Lipinski definition) is 1. The molecule has 1 aromatic heterocycles. The Morgan fingerprint density at radius 1 is 0.852 bits per heavy atom. The number of nitrogens with one attached hydrogen (secondary N) is 1. The van der Waals surface area contributed by atoms with Crippen LogP contribution in [0.3, 0.4) is 0 Å². The normalized spacial score (nSPS) is 10.6. The fourth-order valence-corrected chi connectivity index (χ4v) is 3.11. The Kier molecular flexibility index (Phi) is 4.54. The van der Waals surface area contributed by atoms with Gasteiger partial charge in [0, 0.05) is 16.7 Å². The smallest absolute Gasteiger partial charge is 0.211 e. The molecule has 3 aromatic carbocycles. The van der Waals surface area contributed by atoms with E-state index in [1.165, 1.54) is 0 Å². The number of methoxy groups -OCH3 is 1. The van der Waals surface area contributed by atoms with E-state index in [4.69, 9.17) is 4.74 Å². The van der Waals surface area contributed by atoms with Crippen molar-refractivity contribution < 1.29 is 9.53 Å². The maximum atomic E-state index is 13.2. The number of aromatic nitrogens is 2. The average molecular weight is 354 g/mol. The Labute approximate surface area is 157 Å². The SMILES string of the molecule is COc1cccc(C(=O)c2[nH]nc(-c3ccccc3)c2-c2ccccc2)c1. The zero-order valence-corrected chi connectivity index (χ0v) is 14.8. The second-order valence-electron chi connectivity index (χ2n) is 6.12. The first kappa shape index (κ1) is 16.8. The van der Waals surface area contributed by atoms with Gasteiger partial charge in [0.15, 0.2) is 0 Å². The molecular weight excluding hydrogens is 336 g/mol. The molecule has 0 aliphatic rings. The third kappa shape index (κ3) is 3.25. The van der Waals surface area contributed by atoms with Crippen molar-refractivity contribution in [1.29, 1.82) is 0 Å². The first-order valence-electron chi connectivity index (χ1n) is 8.66. The van der Waals surface area contributed by atoms with Crippen LogP contribution in [0.25, 0.3) is 22.4 Å². The monoisotopic (exact) mass is 354 g/mol. The molecule has 0 saturated heterocycles. The highest BCUT2D eigenvalue weighted by molar-refractivity contribution is 6.13. The molecule has 4 aromatic rings. The summed E-state index contributed by atoms with van der Waals surface area (Å²) in [5.41, 5.74) is 4.47. The Bertz CT molecular complexity index is 1070. The zero-order chi connectivity index (χ0) is 18.6. The summed E-state index contributed by atoms with van der Waals surface area (Å²) in [4.78, 5) is 13.2. The molecule has 0 aliphatic heterocycles. The van der Waals surface area contributed by atoms with Crippen LogP contribution in [0.5, 0.6) is 5.75 Å². The highest BCUT2D eigenvalue weighted by Crippen LogP contribution is 2.34. The lowest BCUT2D eigenvalue weighted by Gasteiger charge is -2.07. The number of nitrogens with zero attached hydrogens (tertiary/aromatic N) is 1. The Morgan fingerprint density at radius 3 is 2.19 bits per heavy atom. The summed E-state index contributed by atoms with van der Waals surface area (Å²) in [6, 6.07) is 26.8. The summed E-state index contributed by atoms with van der Waals surface area (Å²) in [7, 11) is 1.59. The largest absolute Gasteiger partial charge is 0.497 e. The van der Waals surface area contributed by atoms with Crippen molar-refractivity contribution in [3.8, 4) is 28.1 Å². The summed E-state index contributed by atoms with van der Waals surface area (Å²) < 4.78 is 5.25. The van der Waals surface area contributed by atoms with E-state index in [-0.39, 0.29) is 5.78 Å². The second-order valence-corrected chi connectivity index (χ2v) is 6.12. The number of carbonyl (C=O) groups is 1. The van der Waals surface area contributed by atoms with Crippen LogP contribution in [0, 0.1) is 0 Å². The minimum Gasteiger partial charge on any atom is -0.497 e. The molecule has 0 fully saturated rings. The lowest BCUT2D eigenvalue weighted by molar-refractivity contribution is 0.103. The summed E-state index contributed by atoms with van der Waals surface area (Å²) >= 11 is 0. The molecule has 0 saturated carbocycles. The molecule has 0 unspecified atom stereocenters. The van der Waals surface area contributed by atoms with Gasteiger partial charge in [-0.3, -0.25) is 9.89 Å². The minimum absolute atomic E-state index is 0.123. The fourth-order valence-electron chi connectivity index (χ4n) is 3.11. The first-order chi connectivity index (χ1) is 13.3. The lowest BCUT2D eigenvalue weighted by atomic mass is 9.95. The third-order valence-electron chi connectivity index (χ3n) is 4.43. The van der Waals surface area contributed by atoms with E-state index in [2.05, 4.69) is 10.2 Å². The molecule has 0 radical (unpaired) electrons. The summed E-state index contributed by atoms with van der Waals surface area (Å²) in [6.07, 6.45) is 0. The van der Waals surface area contributed by atoms with Gasteiger partial charge in [-0.05, 0) is 17.7 Å². The van der Waals surface area contributed by atoms with Gasteiger partial charge in [0.2, 0.25) is 5.78 Å². The van der Waals surface area contributed by atoms with Crippen LogP contribution in [0.15, 0.2) is 84.9 Å². The number of ketones is 1. The molecule has 27 heavy (non-hydrogen) atoms. The van der Waals surface area contributed by atoms with Gasteiger partial charge in [-0.15, -0.1) is 0 Å². The van der Waals surface area contributed by atoms with Gasteiger partial charge >= 0.3 is 0 Å². The summed E-state index contributed by atoms with van der Waals surface area (Å²) in [5.74, 6) is 0.521. The first-order valence-corrected chi connectivity index (χ1v) is 8.66. The molecule has 1 N–H and O–H groups in total. The quantitative estimate of drug-likeness (QED) is 0.514. The Morgan fingerprint density at radius 2 is 1.52 bits per heavy atom. The highest BCUT2D eigenvalue weighted by Gasteiger charge is 2.22. The molecule has 132 valence electrons. The van der Waals surface area contributed by atoms with Gasteiger partial charge in [0.05, 0.1) is 7.11 Å². The predicted octanol–water partition coefficient (Wildman–Crippen LogP) is 4.98. The van der Waals surface area contributed by atoms with Gasteiger partial charge in [-0.1, -0.05) is 72.8 Å². The number of ether oxygens (including phenoxy) is 1. The molecule has 0 spiro atoms. The van der Waals surface area contributed by atoms with E-state index < -0.39 is 0 Å². The molecular formula is C23H18N2O2. The lowest BCUT2D eigenvalue weighted by Crippen LogP contribution is -2.04. The third-order valence-corrected chi connectivity index (χ3v) is 4.43. The number of hydrogen-bond acceptors (Lipinski definition) is 3. The number of H-pyrrole nitrogens is 1. The van der Waals surface area contributed by atoms with Gasteiger partial charge < -0.3 is 4.74 Å². The van der Waals surface area contributed by atoms with Gasteiger partial charge in [-0.2, -0.15) is 5.10 Å². The molecule has 4 rings (SSSR count). The molecule has 1 heterocycles.